The Kier molecular flexibility index (Phi) is 5.93. The van der Waals surface area contributed by atoms with Crippen molar-refractivity contribution in [3.63, 3.8) is 0 Å². The predicted molar refractivity (Wildman–Crippen MR) is 77.4 cm³/mol. The second-order valence-corrected chi connectivity index (χ2v) is 4.18. The molecule has 0 spiro atoms. The standard InChI is InChI=1S/C12H18N4OS/c1-3-8-13-11(17)15-16-12(18)14-10-7-5-4-6-9(10)2/h4-7H,3,8H2,1-2H3,(H2,13,15,17)(H2,14,16,18). The van der Waals surface area contributed by atoms with Gasteiger partial charge in [0, 0.05) is 12.2 Å². The van der Waals surface area contributed by atoms with E-state index < -0.39 is 0 Å². The van der Waals surface area contributed by atoms with Gasteiger partial charge in [0.05, 0.1) is 0 Å². The Morgan fingerprint density at radius 3 is 2.67 bits per heavy atom. The van der Waals surface area contributed by atoms with Crippen LogP contribution in [0, 0.1) is 6.92 Å². The van der Waals surface area contributed by atoms with E-state index in [4.69, 9.17) is 12.2 Å². The molecule has 0 heterocycles. The lowest BCUT2D eigenvalue weighted by Gasteiger charge is -2.13. The second-order valence-electron chi connectivity index (χ2n) is 3.77. The summed E-state index contributed by atoms with van der Waals surface area (Å²) in [5.41, 5.74) is 7.07. The number of rotatable bonds is 3. The quantitative estimate of drug-likeness (QED) is 0.498. The van der Waals surface area contributed by atoms with E-state index in [1.807, 2.05) is 38.1 Å². The zero-order valence-corrected chi connectivity index (χ0v) is 11.4. The number of nitrogens with one attached hydrogen (secondary N) is 4. The number of thiocarbonyl (C=S) groups is 1. The first-order chi connectivity index (χ1) is 8.63. The van der Waals surface area contributed by atoms with Crippen LogP contribution >= 0.6 is 12.2 Å². The molecule has 4 N–H and O–H groups in total. The van der Waals surface area contributed by atoms with E-state index in [0.717, 1.165) is 17.7 Å². The van der Waals surface area contributed by atoms with E-state index in [1.54, 1.807) is 0 Å². The smallest absolute Gasteiger partial charge is 0.333 e. The summed E-state index contributed by atoms with van der Waals surface area (Å²) in [6.45, 7) is 4.59. The van der Waals surface area contributed by atoms with Gasteiger partial charge in [0.15, 0.2) is 5.11 Å². The summed E-state index contributed by atoms with van der Waals surface area (Å²) in [4.78, 5) is 11.3. The molecule has 0 aliphatic heterocycles. The Balaban J connectivity index is 2.34. The number of amides is 2. The predicted octanol–water partition coefficient (Wildman–Crippen LogP) is 1.91. The van der Waals surface area contributed by atoms with Crippen LogP contribution in [0.4, 0.5) is 10.5 Å². The van der Waals surface area contributed by atoms with Gasteiger partial charge in [0.25, 0.3) is 0 Å². The first-order valence-electron chi connectivity index (χ1n) is 5.80. The first kappa shape index (κ1) is 14.2. The van der Waals surface area contributed by atoms with Crippen molar-refractivity contribution < 1.29 is 4.79 Å². The molecule has 0 saturated heterocycles. The maximum atomic E-state index is 11.3. The fourth-order valence-electron chi connectivity index (χ4n) is 1.26. The molecular weight excluding hydrogens is 248 g/mol. The summed E-state index contributed by atoms with van der Waals surface area (Å²) < 4.78 is 0. The van der Waals surface area contributed by atoms with Crippen LogP contribution in [0.2, 0.25) is 0 Å². The molecule has 0 atom stereocenters. The summed E-state index contributed by atoms with van der Waals surface area (Å²) in [6.07, 6.45) is 0.888. The lowest BCUT2D eigenvalue weighted by Crippen LogP contribution is -2.48. The van der Waals surface area contributed by atoms with Gasteiger partial charge in [-0.2, -0.15) is 0 Å². The SMILES string of the molecule is CCCNC(=O)NNC(=S)Nc1ccccc1C. The van der Waals surface area contributed by atoms with Gasteiger partial charge in [0.2, 0.25) is 0 Å². The number of anilines is 1. The van der Waals surface area contributed by atoms with E-state index >= 15 is 0 Å². The highest BCUT2D eigenvalue weighted by atomic mass is 32.1. The van der Waals surface area contributed by atoms with Crippen molar-refractivity contribution in [2.75, 3.05) is 11.9 Å². The number of aryl methyl sites for hydroxylation is 1. The molecule has 1 rings (SSSR count). The summed E-state index contributed by atoms with van der Waals surface area (Å²) in [6, 6.07) is 7.46. The van der Waals surface area contributed by atoms with Gasteiger partial charge in [-0.3, -0.25) is 5.43 Å². The molecule has 18 heavy (non-hydrogen) atoms. The molecule has 1 aromatic carbocycles. The average Bonchev–Trinajstić information content (AvgIpc) is 2.36. The minimum Gasteiger partial charge on any atom is -0.337 e. The third-order valence-electron chi connectivity index (χ3n) is 2.22. The Morgan fingerprint density at radius 2 is 2.00 bits per heavy atom. The number of hydrazine groups is 1. The normalized spacial score (nSPS) is 9.44. The molecule has 0 unspecified atom stereocenters. The zero-order valence-electron chi connectivity index (χ0n) is 10.5. The van der Waals surface area contributed by atoms with Gasteiger partial charge < -0.3 is 10.6 Å². The molecule has 5 nitrogen and oxygen atoms in total. The summed E-state index contributed by atoms with van der Waals surface area (Å²) >= 11 is 5.06. The molecule has 0 bridgehead atoms. The highest BCUT2D eigenvalue weighted by Gasteiger charge is 2.01. The summed E-state index contributed by atoms with van der Waals surface area (Å²) in [5, 5.41) is 6.01. The van der Waals surface area contributed by atoms with Crippen LogP contribution in [0.25, 0.3) is 0 Å². The van der Waals surface area contributed by atoms with E-state index in [9.17, 15) is 4.79 Å². The topological polar surface area (TPSA) is 65.2 Å². The van der Waals surface area contributed by atoms with Crippen molar-refractivity contribution in [1.29, 1.82) is 0 Å². The molecule has 0 radical (unpaired) electrons. The summed E-state index contributed by atoms with van der Waals surface area (Å²) in [5.74, 6) is 0. The third-order valence-corrected chi connectivity index (χ3v) is 2.42. The number of urea groups is 1. The largest absolute Gasteiger partial charge is 0.337 e. The highest BCUT2D eigenvalue weighted by molar-refractivity contribution is 7.80. The third kappa shape index (κ3) is 5.01. The molecule has 1 aromatic rings. The molecule has 6 heteroatoms. The van der Waals surface area contributed by atoms with Crippen molar-refractivity contribution in [2.24, 2.45) is 0 Å². The number of carbonyl (C=O) groups excluding carboxylic acids is 1. The molecule has 0 aliphatic carbocycles. The van der Waals surface area contributed by atoms with Crippen LogP contribution in [0.3, 0.4) is 0 Å². The Bertz CT molecular complexity index is 422. The zero-order chi connectivity index (χ0) is 13.4. The lowest BCUT2D eigenvalue weighted by molar-refractivity contribution is 0.239. The minimum absolute atomic E-state index is 0.300. The number of benzene rings is 1. The number of hydrogen-bond acceptors (Lipinski definition) is 2. The van der Waals surface area contributed by atoms with Crippen LogP contribution in [0.5, 0.6) is 0 Å². The Labute approximate surface area is 112 Å². The maximum absolute atomic E-state index is 11.3. The van der Waals surface area contributed by atoms with Gasteiger partial charge in [-0.25, -0.2) is 10.2 Å². The van der Waals surface area contributed by atoms with Crippen molar-refractivity contribution in [3.05, 3.63) is 29.8 Å². The van der Waals surface area contributed by atoms with Gasteiger partial charge in [-0.1, -0.05) is 25.1 Å². The van der Waals surface area contributed by atoms with Gasteiger partial charge in [0.1, 0.15) is 0 Å². The number of para-hydroxylation sites is 1. The van der Waals surface area contributed by atoms with Crippen LogP contribution < -0.4 is 21.5 Å². The first-order valence-corrected chi connectivity index (χ1v) is 6.20. The van der Waals surface area contributed by atoms with Gasteiger partial charge >= 0.3 is 6.03 Å². The maximum Gasteiger partial charge on any atom is 0.333 e. The molecule has 98 valence electrons. The van der Waals surface area contributed by atoms with Crippen molar-refractivity contribution >= 4 is 29.0 Å². The Hall–Kier alpha value is -1.82. The van der Waals surface area contributed by atoms with E-state index in [2.05, 4.69) is 21.5 Å². The minimum atomic E-state index is -0.300. The van der Waals surface area contributed by atoms with E-state index in [0.29, 0.717) is 11.7 Å². The van der Waals surface area contributed by atoms with E-state index in [1.165, 1.54) is 0 Å². The fraction of sp³-hybridized carbons (Fsp3) is 0.333. The van der Waals surface area contributed by atoms with Gasteiger partial charge in [-0.05, 0) is 37.2 Å². The lowest BCUT2D eigenvalue weighted by atomic mass is 10.2. The van der Waals surface area contributed by atoms with Crippen LogP contribution in [0.1, 0.15) is 18.9 Å². The second kappa shape index (κ2) is 7.50. The van der Waals surface area contributed by atoms with Crippen molar-refractivity contribution in [1.82, 2.24) is 16.2 Å². The van der Waals surface area contributed by atoms with Crippen LogP contribution in [-0.2, 0) is 0 Å². The molecule has 0 fully saturated rings. The molecule has 2 amide bonds. The molecular formula is C12H18N4OS. The molecule has 0 aromatic heterocycles. The van der Waals surface area contributed by atoms with Crippen LogP contribution in [0.15, 0.2) is 24.3 Å². The monoisotopic (exact) mass is 266 g/mol. The van der Waals surface area contributed by atoms with Crippen molar-refractivity contribution in [3.8, 4) is 0 Å². The fourth-order valence-corrected chi connectivity index (χ4v) is 1.42. The van der Waals surface area contributed by atoms with Gasteiger partial charge in [-0.15, -0.1) is 0 Å². The highest BCUT2D eigenvalue weighted by Crippen LogP contribution is 2.12. The molecule has 0 aliphatic rings. The molecule has 0 saturated carbocycles. The average molecular weight is 266 g/mol. The van der Waals surface area contributed by atoms with Crippen LogP contribution in [-0.4, -0.2) is 17.7 Å². The summed E-state index contributed by atoms with van der Waals surface area (Å²) in [7, 11) is 0. The number of hydrogen-bond donors (Lipinski definition) is 4. The number of carbonyl (C=O) groups is 1. The van der Waals surface area contributed by atoms with Crippen molar-refractivity contribution in [2.45, 2.75) is 20.3 Å². The Morgan fingerprint density at radius 1 is 1.28 bits per heavy atom. The van der Waals surface area contributed by atoms with E-state index in [-0.39, 0.29) is 6.03 Å².